The van der Waals surface area contributed by atoms with Gasteiger partial charge in [0.05, 0.1) is 30.6 Å². The van der Waals surface area contributed by atoms with E-state index in [0.717, 1.165) is 18.8 Å². The second-order valence-corrected chi connectivity index (χ2v) is 6.69. The van der Waals surface area contributed by atoms with E-state index in [-0.39, 0.29) is 18.1 Å². The Balaban J connectivity index is 1.47. The summed E-state index contributed by atoms with van der Waals surface area (Å²) >= 11 is 0. The van der Waals surface area contributed by atoms with Gasteiger partial charge in [-0.25, -0.2) is 4.98 Å². The minimum Gasteiger partial charge on any atom is -0.373 e. The summed E-state index contributed by atoms with van der Waals surface area (Å²) in [5, 5.41) is 0. The molecule has 25 heavy (non-hydrogen) atoms. The van der Waals surface area contributed by atoms with E-state index in [1.54, 1.807) is 12.4 Å². The van der Waals surface area contributed by atoms with Crippen molar-refractivity contribution in [1.82, 2.24) is 19.8 Å². The summed E-state index contributed by atoms with van der Waals surface area (Å²) in [5.74, 6) is -0.0647. The molecule has 6 heteroatoms. The molecule has 0 saturated carbocycles. The fraction of sp³-hybridized carbons (Fsp3) is 0.421. The standard InChI is InChI=1S/C19H22N4O2/c1-14-9-21-16(10-20-14)19(24)23-12-17-18(13-23)25-8-7-22(17)11-15-5-3-2-4-6-15/h2-6,9-10,17-18H,7-8,11-13H2,1H3. The Morgan fingerprint density at radius 1 is 1.20 bits per heavy atom. The largest absolute Gasteiger partial charge is 0.373 e. The van der Waals surface area contributed by atoms with Crippen molar-refractivity contribution in [3.63, 3.8) is 0 Å². The molecule has 1 aromatic carbocycles. The first-order valence-corrected chi connectivity index (χ1v) is 8.68. The molecule has 2 aromatic rings. The van der Waals surface area contributed by atoms with Crippen molar-refractivity contribution in [2.75, 3.05) is 26.2 Å². The first-order valence-electron chi connectivity index (χ1n) is 8.68. The van der Waals surface area contributed by atoms with Crippen LogP contribution in [0.5, 0.6) is 0 Å². The van der Waals surface area contributed by atoms with Crippen LogP contribution in [0.1, 0.15) is 21.7 Å². The number of hydrogen-bond donors (Lipinski definition) is 0. The van der Waals surface area contributed by atoms with E-state index < -0.39 is 0 Å². The fourth-order valence-corrected chi connectivity index (χ4v) is 3.60. The smallest absolute Gasteiger partial charge is 0.274 e. The van der Waals surface area contributed by atoms with E-state index in [0.29, 0.717) is 25.4 Å². The quantitative estimate of drug-likeness (QED) is 0.849. The minimum absolute atomic E-state index is 0.0647. The zero-order chi connectivity index (χ0) is 17.2. The number of nitrogens with zero attached hydrogens (tertiary/aromatic N) is 4. The summed E-state index contributed by atoms with van der Waals surface area (Å²) in [6.45, 7) is 5.64. The van der Waals surface area contributed by atoms with Gasteiger partial charge in [0.15, 0.2) is 0 Å². The lowest BCUT2D eigenvalue weighted by Gasteiger charge is -2.36. The maximum atomic E-state index is 12.7. The molecule has 2 fully saturated rings. The molecule has 2 saturated heterocycles. The van der Waals surface area contributed by atoms with Crippen LogP contribution in [0.25, 0.3) is 0 Å². The van der Waals surface area contributed by atoms with Gasteiger partial charge in [0, 0.05) is 32.4 Å². The van der Waals surface area contributed by atoms with Crippen molar-refractivity contribution >= 4 is 5.91 Å². The fourth-order valence-electron chi connectivity index (χ4n) is 3.60. The highest BCUT2D eigenvalue weighted by Crippen LogP contribution is 2.25. The highest BCUT2D eigenvalue weighted by atomic mass is 16.5. The normalized spacial score (nSPS) is 23.5. The number of aromatic nitrogens is 2. The van der Waals surface area contributed by atoms with Crippen LogP contribution in [-0.2, 0) is 11.3 Å². The molecule has 0 aliphatic carbocycles. The van der Waals surface area contributed by atoms with Crippen molar-refractivity contribution in [2.24, 2.45) is 0 Å². The Morgan fingerprint density at radius 2 is 2.04 bits per heavy atom. The van der Waals surface area contributed by atoms with Crippen molar-refractivity contribution < 1.29 is 9.53 Å². The van der Waals surface area contributed by atoms with E-state index in [1.807, 2.05) is 17.9 Å². The summed E-state index contributed by atoms with van der Waals surface area (Å²) in [4.78, 5) is 25.4. The average molecular weight is 338 g/mol. The van der Waals surface area contributed by atoms with E-state index in [9.17, 15) is 4.79 Å². The molecule has 2 atom stereocenters. The Morgan fingerprint density at radius 3 is 2.80 bits per heavy atom. The number of carbonyl (C=O) groups is 1. The van der Waals surface area contributed by atoms with Crippen LogP contribution >= 0.6 is 0 Å². The maximum Gasteiger partial charge on any atom is 0.274 e. The molecule has 0 spiro atoms. The van der Waals surface area contributed by atoms with Gasteiger partial charge in [-0.05, 0) is 12.5 Å². The minimum atomic E-state index is -0.0647. The molecule has 130 valence electrons. The third kappa shape index (κ3) is 3.41. The van der Waals surface area contributed by atoms with Gasteiger partial charge in [-0.3, -0.25) is 14.7 Å². The highest BCUT2D eigenvalue weighted by Gasteiger charge is 2.42. The van der Waals surface area contributed by atoms with Crippen LogP contribution in [0.2, 0.25) is 0 Å². The topological polar surface area (TPSA) is 58.6 Å². The summed E-state index contributed by atoms with van der Waals surface area (Å²) in [6, 6.07) is 10.7. The van der Waals surface area contributed by atoms with Crippen LogP contribution in [-0.4, -0.2) is 64.1 Å². The molecule has 0 bridgehead atoms. The van der Waals surface area contributed by atoms with Crippen LogP contribution in [0.3, 0.4) is 0 Å². The third-order valence-corrected chi connectivity index (χ3v) is 4.93. The number of rotatable bonds is 3. The summed E-state index contributed by atoms with van der Waals surface area (Å²) < 4.78 is 5.93. The summed E-state index contributed by atoms with van der Waals surface area (Å²) in [5.41, 5.74) is 2.50. The van der Waals surface area contributed by atoms with E-state index in [2.05, 4.69) is 39.1 Å². The van der Waals surface area contributed by atoms with E-state index >= 15 is 0 Å². The van der Waals surface area contributed by atoms with Gasteiger partial charge in [0.2, 0.25) is 0 Å². The summed E-state index contributed by atoms with van der Waals surface area (Å²) in [6.07, 6.45) is 3.26. The van der Waals surface area contributed by atoms with Crippen molar-refractivity contribution in [3.8, 4) is 0 Å². The third-order valence-electron chi connectivity index (χ3n) is 4.93. The number of likely N-dealkylation sites (tertiary alicyclic amines) is 1. The lowest BCUT2D eigenvalue weighted by atomic mass is 10.1. The van der Waals surface area contributed by atoms with Gasteiger partial charge >= 0.3 is 0 Å². The van der Waals surface area contributed by atoms with E-state index in [1.165, 1.54) is 5.56 Å². The highest BCUT2D eigenvalue weighted by molar-refractivity contribution is 5.92. The van der Waals surface area contributed by atoms with Gasteiger partial charge in [0.25, 0.3) is 5.91 Å². The molecule has 6 nitrogen and oxygen atoms in total. The lowest BCUT2D eigenvalue weighted by molar-refractivity contribution is -0.0503. The Kier molecular flexibility index (Phi) is 4.46. The van der Waals surface area contributed by atoms with Gasteiger partial charge in [-0.15, -0.1) is 0 Å². The number of carbonyl (C=O) groups excluding carboxylic acids is 1. The molecule has 4 rings (SSSR count). The van der Waals surface area contributed by atoms with E-state index in [4.69, 9.17) is 4.74 Å². The molecular weight excluding hydrogens is 316 g/mol. The molecule has 2 unspecified atom stereocenters. The van der Waals surface area contributed by atoms with Gasteiger partial charge in [-0.1, -0.05) is 30.3 Å². The van der Waals surface area contributed by atoms with Gasteiger partial charge in [-0.2, -0.15) is 0 Å². The van der Waals surface area contributed by atoms with Crippen LogP contribution < -0.4 is 0 Å². The molecule has 1 aromatic heterocycles. The van der Waals surface area contributed by atoms with Crippen molar-refractivity contribution in [1.29, 1.82) is 0 Å². The molecular formula is C19H22N4O2. The number of fused-ring (bicyclic) bond motifs is 1. The molecule has 0 radical (unpaired) electrons. The van der Waals surface area contributed by atoms with Crippen molar-refractivity contribution in [3.05, 3.63) is 59.7 Å². The maximum absolute atomic E-state index is 12.7. The monoisotopic (exact) mass is 338 g/mol. The second kappa shape index (κ2) is 6.90. The zero-order valence-corrected chi connectivity index (χ0v) is 14.3. The summed E-state index contributed by atoms with van der Waals surface area (Å²) in [7, 11) is 0. The number of morpholine rings is 1. The molecule has 3 heterocycles. The van der Waals surface area contributed by atoms with Crippen molar-refractivity contribution in [2.45, 2.75) is 25.6 Å². The Hall–Kier alpha value is -2.31. The average Bonchev–Trinajstić information content (AvgIpc) is 3.08. The number of aryl methyl sites for hydroxylation is 1. The van der Waals surface area contributed by atoms with Gasteiger partial charge in [0.1, 0.15) is 5.69 Å². The predicted octanol–water partition coefficient (Wildman–Crippen LogP) is 1.51. The molecule has 2 aliphatic heterocycles. The number of amides is 1. The predicted molar refractivity (Wildman–Crippen MR) is 93.1 cm³/mol. The first-order chi connectivity index (χ1) is 12.2. The van der Waals surface area contributed by atoms with Gasteiger partial charge < -0.3 is 9.64 Å². The van der Waals surface area contributed by atoms with Crippen LogP contribution in [0, 0.1) is 6.92 Å². The molecule has 2 aliphatic rings. The van der Waals surface area contributed by atoms with Crippen LogP contribution in [0.15, 0.2) is 42.7 Å². The van der Waals surface area contributed by atoms with Crippen LogP contribution in [0.4, 0.5) is 0 Å². The first kappa shape index (κ1) is 16.2. The number of ether oxygens (including phenoxy) is 1. The zero-order valence-electron chi connectivity index (χ0n) is 14.3. The Labute approximate surface area is 147 Å². The molecule has 0 N–H and O–H groups in total. The number of benzene rings is 1. The Bertz CT molecular complexity index is 735. The SMILES string of the molecule is Cc1cnc(C(=O)N2CC3OCCN(Cc4ccccc4)C3C2)cn1. The number of hydrogen-bond acceptors (Lipinski definition) is 5. The molecule has 1 amide bonds. The second-order valence-electron chi connectivity index (χ2n) is 6.69. The lowest BCUT2D eigenvalue weighted by Crippen LogP contribution is -2.50.